The van der Waals surface area contributed by atoms with Crippen molar-refractivity contribution in [3.63, 3.8) is 0 Å². The van der Waals surface area contributed by atoms with Crippen molar-refractivity contribution in [2.75, 3.05) is 0 Å². The Morgan fingerprint density at radius 2 is 2.00 bits per heavy atom. The van der Waals surface area contributed by atoms with Gasteiger partial charge in [0.15, 0.2) is 0 Å². The SMILES string of the molecule is CC(C)SCc1nccn1Cc1ccccc1. The Morgan fingerprint density at radius 1 is 1.24 bits per heavy atom. The van der Waals surface area contributed by atoms with Crippen LogP contribution in [0.15, 0.2) is 42.7 Å². The van der Waals surface area contributed by atoms with E-state index in [9.17, 15) is 0 Å². The van der Waals surface area contributed by atoms with Crippen molar-refractivity contribution in [3.05, 3.63) is 54.1 Å². The molecule has 1 aromatic carbocycles. The summed E-state index contributed by atoms with van der Waals surface area (Å²) in [7, 11) is 0. The number of hydrogen-bond acceptors (Lipinski definition) is 2. The Kier molecular flexibility index (Phi) is 4.26. The number of rotatable bonds is 5. The molecule has 0 unspecified atom stereocenters. The largest absolute Gasteiger partial charge is 0.330 e. The highest BCUT2D eigenvalue weighted by Crippen LogP contribution is 2.16. The zero-order valence-electron chi connectivity index (χ0n) is 10.3. The van der Waals surface area contributed by atoms with Gasteiger partial charge < -0.3 is 4.57 Å². The van der Waals surface area contributed by atoms with Gasteiger partial charge in [0.05, 0.1) is 5.75 Å². The van der Waals surface area contributed by atoms with Crippen LogP contribution in [0.4, 0.5) is 0 Å². The maximum atomic E-state index is 4.43. The predicted octanol–water partition coefficient (Wildman–Crippen LogP) is 3.57. The zero-order valence-corrected chi connectivity index (χ0v) is 11.2. The van der Waals surface area contributed by atoms with Crippen molar-refractivity contribution in [2.24, 2.45) is 0 Å². The van der Waals surface area contributed by atoms with Gasteiger partial charge in [-0.05, 0) is 10.8 Å². The minimum absolute atomic E-state index is 0.650. The van der Waals surface area contributed by atoms with Gasteiger partial charge in [0.2, 0.25) is 0 Å². The molecule has 0 saturated heterocycles. The van der Waals surface area contributed by atoms with Crippen molar-refractivity contribution in [2.45, 2.75) is 31.4 Å². The third-order valence-electron chi connectivity index (χ3n) is 2.54. The highest BCUT2D eigenvalue weighted by Gasteiger charge is 2.04. The van der Waals surface area contributed by atoms with E-state index in [1.165, 1.54) is 5.56 Å². The fourth-order valence-electron chi connectivity index (χ4n) is 1.65. The smallest absolute Gasteiger partial charge is 0.118 e. The monoisotopic (exact) mass is 246 g/mol. The Hall–Kier alpha value is -1.22. The lowest BCUT2D eigenvalue weighted by Crippen LogP contribution is -2.04. The molecule has 1 heterocycles. The molecule has 0 spiro atoms. The molecule has 0 saturated carbocycles. The summed E-state index contributed by atoms with van der Waals surface area (Å²) in [6.07, 6.45) is 3.95. The Labute approximate surface area is 107 Å². The van der Waals surface area contributed by atoms with Crippen LogP contribution in [-0.2, 0) is 12.3 Å². The molecule has 0 N–H and O–H groups in total. The molecule has 0 atom stereocenters. The first kappa shape index (κ1) is 12.2. The lowest BCUT2D eigenvalue weighted by Gasteiger charge is -2.09. The molecule has 0 bridgehead atoms. The molecule has 1 aromatic heterocycles. The molecule has 90 valence electrons. The van der Waals surface area contributed by atoms with Gasteiger partial charge in [0.1, 0.15) is 5.82 Å². The normalized spacial score (nSPS) is 11.0. The molecule has 0 aliphatic rings. The van der Waals surface area contributed by atoms with Crippen LogP contribution < -0.4 is 0 Å². The second-order valence-corrected chi connectivity index (χ2v) is 5.88. The fourth-order valence-corrected chi connectivity index (χ4v) is 2.37. The predicted molar refractivity (Wildman–Crippen MR) is 74.2 cm³/mol. The summed E-state index contributed by atoms with van der Waals surface area (Å²) in [5.41, 5.74) is 1.32. The molecular formula is C14H18N2S. The zero-order chi connectivity index (χ0) is 12.1. The molecule has 0 aliphatic heterocycles. The van der Waals surface area contributed by atoms with Crippen LogP contribution in [0.5, 0.6) is 0 Å². The maximum absolute atomic E-state index is 4.43. The molecule has 2 aromatic rings. The van der Waals surface area contributed by atoms with E-state index in [0.717, 1.165) is 18.1 Å². The van der Waals surface area contributed by atoms with Crippen LogP contribution in [0.2, 0.25) is 0 Å². The van der Waals surface area contributed by atoms with E-state index < -0.39 is 0 Å². The van der Waals surface area contributed by atoms with E-state index >= 15 is 0 Å². The minimum Gasteiger partial charge on any atom is -0.330 e. The summed E-state index contributed by atoms with van der Waals surface area (Å²) in [5.74, 6) is 2.14. The Morgan fingerprint density at radius 3 is 2.71 bits per heavy atom. The molecular weight excluding hydrogens is 228 g/mol. The topological polar surface area (TPSA) is 17.8 Å². The molecule has 0 aliphatic carbocycles. The van der Waals surface area contributed by atoms with Gasteiger partial charge in [-0.1, -0.05) is 44.2 Å². The van der Waals surface area contributed by atoms with E-state index in [-0.39, 0.29) is 0 Å². The number of thioether (sulfide) groups is 1. The average molecular weight is 246 g/mol. The summed E-state index contributed by atoms with van der Waals surface area (Å²) in [4.78, 5) is 4.43. The standard InChI is InChI=1S/C14H18N2S/c1-12(2)17-11-14-15-8-9-16(14)10-13-6-4-3-5-7-13/h3-9,12H,10-11H2,1-2H3. The summed E-state index contributed by atoms with van der Waals surface area (Å²) < 4.78 is 2.23. The highest BCUT2D eigenvalue weighted by molar-refractivity contribution is 7.99. The first-order valence-corrected chi connectivity index (χ1v) is 6.96. The van der Waals surface area contributed by atoms with E-state index in [0.29, 0.717) is 5.25 Å². The van der Waals surface area contributed by atoms with Crippen LogP contribution in [-0.4, -0.2) is 14.8 Å². The van der Waals surface area contributed by atoms with Gasteiger partial charge in [-0.15, -0.1) is 0 Å². The summed E-state index contributed by atoms with van der Waals surface area (Å²) in [6, 6.07) is 10.5. The summed E-state index contributed by atoms with van der Waals surface area (Å²) >= 11 is 1.93. The molecule has 2 rings (SSSR count). The Bertz CT molecular complexity index is 448. The van der Waals surface area contributed by atoms with Crippen molar-refractivity contribution in [1.82, 2.24) is 9.55 Å². The fraction of sp³-hybridized carbons (Fsp3) is 0.357. The molecule has 0 fully saturated rings. The van der Waals surface area contributed by atoms with E-state index in [1.807, 2.05) is 24.0 Å². The first-order valence-electron chi connectivity index (χ1n) is 5.91. The van der Waals surface area contributed by atoms with E-state index in [1.54, 1.807) is 0 Å². The van der Waals surface area contributed by atoms with E-state index in [2.05, 4.69) is 53.9 Å². The van der Waals surface area contributed by atoms with Crippen LogP contribution >= 0.6 is 11.8 Å². The van der Waals surface area contributed by atoms with Gasteiger partial charge in [-0.3, -0.25) is 0 Å². The highest BCUT2D eigenvalue weighted by atomic mass is 32.2. The van der Waals surface area contributed by atoms with Crippen LogP contribution in [0.25, 0.3) is 0 Å². The van der Waals surface area contributed by atoms with Crippen molar-refractivity contribution in [3.8, 4) is 0 Å². The number of aromatic nitrogens is 2. The quantitative estimate of drug-likeness (QED) is 0.802. The van der Waals surface area contributed by atoms with Crippen molar-refractivity contribution >= 4 is 11.8 Å². The van der Waals surface area contributed by atoms with E-state index in [4.69, 9.17) is 0 Å². The molecule has 17 heavy (non-hydrogen) atoms. The Balaban J connectivity index is 2.04. The molecule has 0 amide bonds. The van der Waals surface area contributed by atoms with Crippen molar-refractivity contribution < 1.29 is 0 Å². The molecule has 2 nitrogen and oxygen atoms in total. The second-order valence-electron chi connectivity index (χ2n) is 4.32. The third kappa shape index (κ3) is 3.63. The average Bonchev–Trinajstić information content (AvgIpc) is 2.75. The number of imidazole rings is 1. The maximum Gasteiger partial charge on any atom is 0.118 e. The van der Waals surface area contributed by atoms with Gasteiger partial charge >= 0.3 is 0 Å². The minimum atomic E-state index is 0.650. The van der Waals surface area contributed by atoms with Crippen LogP contribution in [0.3, 0.4) is 0 Å². The molecule has 3 heteroatoms. The first-order chi connectivity index (χ1) is 8.25. The number of benzene rings is 1. The van der Waals surface area contributed by atoms with Crippen LogP contribution in [0, 0.1) is 0 Å². The van der Waals surface area contributed by atoms with Gasteiger partial charge in [-0.2, -0.15) is 11.8 Å². The second kappa shape index (κ2) is 5.92. The summed E-state index contributed by atoms with van der Waals surface area (Å²) in [5, 5.41) is 0.650. The third-order valence-corrected chi connectivity index (χ3v) is 3.63. The lowest BCUT2D eigenvalue weighted by atomic mass is 10.2. The number of nitrogens with zero attached hydrogens (tertiary/aromatic N) is 2. The summed E-state index contributed by atoms with van der Waals surface area (Å²) in [6.45, 7) is 5.35. The van der Waals surface area contributed by atoms with Gasteiger partial charge in [-0.25, -0.2) is 4.98 Å². The van der Waals surface area contributed by atoms with Gasteiger partial charge in [0, 0.05) is 18.9 Å². The number of hydrogen-bond donors (Lipinski definition) is 0. The lowest BCUT2D eigenvalue weighted by molar-refractivity contribution is 0.756. The van der Waals surface area contributed by atoms with Gasteiger partial charge in [0.25, 0.3) is 0 Å². The van der Waals surface area contributed by atoms with Crippen molar-refractivity contribution in [1.29, 1.82) is 0 Å². The molecule has 0 radical (unpaired) electrons. The van der Waals surface area contributed by atoms with Crippen LogP contribution in [0.1, 0.15) is 25.2 Å².